The van der Waals surface area contributed by atoms with Crippen LogP contribution in [0, 0.1) is 11.3 Å². The molecule has 0 amide bonds. The van der Waals surface area contributed by atoms with Crippen LogP contribution in [0.5, 0.6) is 5.75 Å². The molecule has 0 bridgehead atoms. The van der Waals surface area contributed by atoms with Gasteiger partial charge in [-0.3, -0.25) is 0 Å². The van der Waals surface area contributed by atoms with Crippen LogP contribution in [0.3, 0.4) is 0 Å². The first-order valence-electron chi connectivity index (χ1n) is 7.31. The molecule has 2 nitrogen and oxygen atoms in total. The van der Waals surface area contributed by atoms with Crippen molar-refractivity contribution in [3.05, 3.63) is 29.8 Å². The van der Waals surface area contributed by atoms with Gasteiger partial charge in [-0.2, -0.15) is 0 Å². The van der Waals surface area contributed by atoms with Crippen LogP contribution >= 0.6 is 0 Å². The summed E-state index contributed by atoms with van der Waals surface area (Å²) in [6, 6.07) is 8.60. The largest absolute Gasteiger partial charge is 0.494 e. The van der Waals surface area contributed by atoms with E-state index in [9.17, 15) is 0 Å². The minimum Gasteiger partial charge on any atom is -0.494 e. The predicted octanol–water partition coefficient (Wildman–Crippen LogP) is 4.42. The lowest BCUT2D eigenvalue weighted by atomic mass is 9.82. The number of nitrogens with one attached hydrogen (secondary N) is 1. The topological polar surface area (TPSA) is 21.3 Å². The van der Waals surface area contributed by atoms with E-state index < -0.39 is 0 Å². The van der Waals surface area contributed by atoms with E-state index in [4.69, 9.17) is 4.74 Å². The van der Waals surface area contributed by atoms with Crippen molar-refractivity contribution in [2.24, 2.45) is 11.3 Å². The molecule has 2 unspecified atom stereocenters. The van der Waals surface area contributed by atoms with Gasteiger partial charge in [0.2, 0.25) is 0 Å². The van der Waals surface area contributed by atoms with Crippen LogP contribution in [0.4, 0.5) is 0 Å². The van der Waals surface area contributed by atoms with E-state index >= 15 is 0 Å². The molecule has 0 heterocycles. The van der Waals surface area contributed by atoms with Gasteiger partial charge in [-0.1, -0.05) is 45.9 Å². The highest BCUT2D eigenvalue weighted by Crippen LogP contribution is 2.27. The maximum atomic E-state index is 5.69. The molecule has 0 saturated carbocycles. The van der Waals surface area contributed by atoms with Gasteiger partial charge in [0.15, 0.2) is 0 Å². The highest BCUT2D eigenvalue weighted by molar-refractivity contribution is 5.35. The van der Waals surface area contributed by atoms with Gasteiger partial charge < -0.3 is 10.1 Å². The van der Waals surface area contributed by atoms with E-state index in [1.54, 1.807) is 0 Å². The standard InChI is InChI=1S/C17H29NO/c1-7-19-16-11-9-8-10-15(16)14(3)18-12-13(2)17(4,5)6/h8-11,13-14,18H,7,12H2,1-6H3. The maximum Gasteiger partial charge on any atom is 0.124 e. The minimum absolute atomic E-state index is 0.313. The number of hydrogen-bond acceptors (Lipinski definition) is 2. The molecule has 0 aromatic heterocycles. The average molecular weight is 263 g/mol. The van der Waals surface area contributed by atoms with Crippen LogP contribution in [0.15, 0.2) is 24.3 Å². The fraction of sp³-hybridized carbons (Fsp3) is 0.647. The van der Waals surface area contributed by atoms with Gasteiger partial charge in [0, 0.05) is 11.6 Å². The second-order valence-electron chi connectivity index (χ2n) is 6.37. The second-order valence-corrected chi connectivity index (χ2v) is 6.37. The maximum absolute atomic E-state index is 5.69. The van der Waals surface area contributed by atoms with Crippen LogP contribution in [0.1, 0.15) is 53.1 Å². The van der Waals surface area contributed by atoms with Gasteiger partial charge in [0.25, 0.3) is 0 Å². The molecular weight excluding hydrogens is 234 g/mol. The van der Waals surface area contributed by atoms with Gasteiger partial charge in [0.05, 0.1) is 6.61 Å². The Kier molecular flexibility index (Phi) is 5.86. The molecule has 0 radical (unpaired) electrons. The molecule has 0 saturated heterocycles. The number of para-hydroxylation sites is 1. The Labute approximate surface area is 118 Å². The predicted molar refractivity (Wildman–Crippen MR) is 82.6 cm³/mol. The molecule has 0 aliphatic rings. The zero-order chi connectivity index (χ0) is 14.5. The van der Waals surface area contributed by atoms with E-state index in [1.165, 1.54) is 5.56 Å². The first-order chi connectivity index (χ1) is 8.86. The summed E-state index contributed by atoms with van der Waals surface area (Å²) in [6.45, 7) is 15.1. The third kappa shape index (κ3) is 4.87. The Bertz CT molecular complexity index is 381. The summed E-state index contributed by atoms with van der Waals surface area (Å²) < 4.78 is 5.69. The smallest absolute Gasteiger partial charge is 0.124 e. The summed E-state index contributed by atoms with van der Waals surface area (Å²) in [5.74, 6) is 1.63. The average Bonchev–Trinajstić information content (AvgIpc) is 2.35. The van der Waals surface area contributed by atoms with E-state index in [0.29, 0.717) is 24.0 Å². The second kappa shape index (κ2) is 6.95. The molecule has 1 N–H and O–H groups in total. The summed E-state index contributed by atoms with van der Waals surface area (Å²) >= 11 is 0. The van der Waals surface area contributed by atoms with Crippen LogP contribution in [-0.4, -0.2) is 13.2 Å². The van der Waals surface area contributed by atoms with E-state index in [1.807, 2.05) is 19.1 Å². The lowest BCUT2D eigenvalue weighted by molar-refractivity contribution is 0.246. The SMILES string of the molecule is CCOc1ccccc1C(C)NCC(C)C(C)(C)C. The number of ether oxygens (including phenoxy) is 1. The molecule has 0 aliphatic heterocycles. The monoisotopic (exact) mass is 263 g/mol. The van der Waals surface area contributed by atoms with Crippen molar-refractivity contribution in [3.8, 4) is 5.75 Å². The molecule has 1 rings (SSSR count). The Hall–Kier alpha value is -1.02. The van der Waals surface area contributed by atoms with E-state index in [-0.39, 0.29) is 0 Å². The van der Waals surface area contributed by atoms with Gasteiger partial charge in [-0.15, -0.1) is 0 Å². The van der Waals surface area contributed by atoms with Gasteiger partial charge in [-0.25, -0.2) is 0 Å². The van der Waals surface area contributed by atoms with Crippen molar-refractivity contribution in [3.63, 3.8) is 0 Å². The summed E-state index contributed by atoms with van der Waals surface area (Å²) in [6.07, 6.45) is 0. The highest BCUT2D eigenvalue weighted by Gasteiger charge is 2.20. The normalized spacial score (nSPS) is 15.1. The van der Waals surface area contributed by atoms with Crippen molar-refractivity contribution in [1.82, 2.24) is 5.32 Å². The number of benzene rings is 1. The molecule has 19 heavy (non-hydrogen) atoms. The molecule has 1 aromatic rings. The Morgan fingerprint density at radius 1 is 1.16 bits per heavy atom. The zero-order valence-corrected chi connectivity index (χ0v) is 13.3. The van der Waals surface area contributed by atoms with Gasteiger partial charge in [-0.05, 0) is 37.8 Å². The van der Waals surface area contributed by atoms with Crippen molar-refractivity contribution < 1.29 is 4.74 Å². The fourth-order valence-electron chi connectivity index (χ4n) is 1.89. The number of hydrogen-bond donors (Lipinski definition) is 1. The van der Waals surface area contributed by atoms with Crippen LogP contribution in [0.2, 0.25) is 0 Å². The molecule has 108 valence electrons. The Morgan fingerprint density at radius 3 is 2.37 bits per heavy atom. The lowest BCUT2D eigenvalue weighted by Crippen LogP contribution is -2.31. The van der Waals surface area contributed by atoms with Crippen LogP contribution in [-0.2, 0) is 0 Å². The third-order valence-electron chi connectivity index (χ3n) is 3.89. The first kappa shape index (κ1) is 16.0. The Morgan fingerprint density at radius 2 is 1.79 bits per heavy atom. The van der Waals surface area contributed by atoms with Crippen LogP contribution < -0.4 is 10.1 Å². The molecule has 2 atom stereocenters. The highest BCUT2D eigenvalue weighted by atomic mass is 16.5. The first-order valence-corrected chi connectivity index (χ1v) is 7.31. The third-order valence-corrected chi connectivity index (χ3v) is 3.89. The summed E-state index contributed by atoms with van der Waals surface area (Å²) in [7, 11) is 0. The van der Waals surface area contributed by atoms with E-state index in [0.717, 1.165) is 12.3 Å². The summed E-state index contributed by atoms with van der Waals surface area (Å²) in [5, 5.41) is 3.62. The van der Waals surface area contributed by atoms with Crippen molar-refractivity contribution in [2.75, 3.05) is 13.2 Å². The fourth-order valence-corrected chi connectivity index (χ4v) is 1.89. The van der Waals surface area contributed by atoms with Gasteiger partial charge in [0.1, 0.15) is 5.75 Å². The molecule has 0 fully saturated rings. The minimum atomic E-state index is 0.313. The summed E-state index contributed by atoms with van der Waals surface area (Å²) in [5.41, 5.74) is 1.58. The molecule has 1 aromatic carbocycles. The van der Waals surface area contributed by atoms with E-state index in [2.05, 4.69) is 52.1 Å². The van der Waals surface area contributed by atoms with Crippen LogP contribution in [0.25, 0.3) is 0 Å². The Balaban J connectivity index is 2.65. The summed E-state index contributed by atoms with van der Waals surface area (Å²) in [4.78, 5) is 0. The molecule has 0 aliphatic carbocycles. The zero-order valence-electron chi connectivity index (χ0n) is 13.3. The lowest BCUT2D eigenvalue weighted by Gasteiger charge is -2.29. The quantitative estimate of drug-likeness (QED) is 0.820. The van der Waals surface area contributed by atoms with Crippen molar-refractivity contribution in [1.29, 1.82) is 0 Å². The molecule has 0 spiro atoms. The van der Waals surface area contributed by atoms with Crippen molar-refractivity contribution >= 4 is 0 Å². The van der Waals surface area contributed by atoms with Gasteiger partial charge >= 0.3 is 0 Å². The number of rotatable bonds is 6. The van der Waals surface area contributed by atoms with Crippen molar-refractivity contribution in [2.45, 2.75) is 47.6 Å². The molecule has 2 heteroatoms. The molecular formula is C17H29NO.